The van der Waals surface area contributed by atoms with Crippen LogP contribution >= 0.6 is 33.2 Å². The molecule has 0 aromatic heterocycles. The topological polar surface area (TPSA) is 0 Å². The van der Waals surface area contributed by atoms with Crippen molar-refractivity contribution in [2.45, 2.75) is 116 Å². The SMILES string of the molecule is CCCCCCCCCCCCCCC(CCC)[Si](Cl)(Cl)Cl. The van der Waals surface area contributed by atoms with Crippen molar-refractivity contribution in [2.75, 3.05) is 0 Å². The molecule has 0 aromatic carbocycles. The molecule has 0 spiro atoms. The van der Waals surface area contributed by atoms with Crippen molar-refractivity contribution in [2.24, 2.45) is 0 Å². The first-order valence-corrected chi connectivity index (χ1v) is 14.7. The molecule has 0 N–H and O–H groups in total. The second-order valence-corrected chi connectivity index (χ2v) is 15.7. The first-order chi connectivity index (χ1) is 10.5. The second-order valence-electron chi connectivity index (χ2n) is 6.70. The van der Waals surface area contributed by atoms with Crippen LogP contribution in [0.5, 0.6) is 0 Å². The fraction of sp³-hybridized carbons (Fsp3) is 1.00. The molecule has 0 aliphatic heterocycles. The van der Waals surface area contributed by atoms with Crippen molar-refractivity contribution >= 4 is 39.2 Å². The summed E-state index contributed by atoms with van der Waals surface area (Å²) in [5.74, 6) is 0. The van der Waals surface area contributed by atoms with Crippen molar-refractivity contribution in [1.82, 2.24) is 0 Å². The van der Waals surface area contributed by atoms with Crippen LogP contribution in [-0.4, -0.2) is 6.00 Å². The minimum absolute atomic E-state index is 0.366. The zero-order valence-electron chi connectivity index (χ0n) is 14.8. The quantitative estimate of drug-likeness (QED) is 0.141. The molecule has 0 aliphatic carbocycles. The molecule has 0 aliphatic rings. The van der Waals surface area contributed by atoms with Gasteiger partial charge in [0.05, 0.1) is 0 Å². The summed E-state index contributed by atoms with van der Waals surface area (Å²) in [5, 5.41) is 0. The maximum absolute atomic E-state index is 6.19. The molecular weight excluding hydrogens is 351 g/mol. The molecule has 0 aromatic rings. The Labute approximate surface area is 154 Å². The van der Waals surface area contributed by atoms with Crippen molar-refractivity contribution < 1.29 is 0 Å². The van der Waals surface area contributed by atoms with E-state index in [9.17, 15) is 0 Å². The lowest BCUT2D eigenvalue weighted by Gasteiger charge is -2.21. The van der Waals surface area contributed by atoms with E-state index in [4.69, 9.17) is 33.2 Å². The van der Waals surface area contributed by atoms with Crippen LogP contribution in [0.2, 0.25) is 5.54 Å². The summed E-state index contributed by atoms with van der Waals surface area (Å²) in [6.45, 7) is 4.46. The fourth-order valence-electron chi connectivity index (χ4n) is 3.05. The largest absolute Gasteiger partial charge is 0.344 e. The molecule has 0 nitrogen and oxygen atoms in total. The van der Waals surface area contributed by atoms with Crippen LogP contribution in [-0.2, 0) is 0 Å². The molecule has 1 atom stereocenters. The van der Waals surface area contributed by atoms with Crippen molar-refractivity contribution in [3.8, 4) is 0 Å². The molecule has 1 unspecified atom stereocenters. The van der Waals surface area contributed by atoms with Crippen LogP contribution < -0.4 is 0 Å². The third-order valence-electron chi connectivity index (χ3n) is 4.51. The summed E-state index contributed by atoms with van der Waals surface area (Å²) < 4.78 is 0. The van der Waals surface area contributed by atoms with Crippen molar-refractivity contribution in [3.63, 3.8) is 0 Å². The molecule has 0 amide bonds. The molecule has 0 rings (SSSR count). The molecule has 0 bridgehead atoms. The molecule has 0 radical (unpaired) electrons. The van der Waals surface area contributed by atoms with E-state index in [2.05, 4.69) is 13.8 Å². The highest BCUT2D eigenvalue weighted by atomic mass is 35.8. The Hall–Kier alpha value is 1.09. The van der Waals surface area contributed by atoms with Crippen LogP contribution in [0.3, 0.4) is 0 Å². The average molecular weight is 388 g/mol. The standard InChI is InChI=1S/C18H37Cl3Si/c1-3-5-6-7-8-9-10-11-12-13-14-15-17-18(16-4-2)22(19,20)21/h18H,3-17H2,1-2H3. The summed E-state index contributed by atoms with van der Waals surface area (Å²) in [5.41, 5.74) is 0.366. The van der Waals surface area contributed by atoms with Gasteiger partial charge in [-0.3, -0.25) is 0 Å². The fourth-order valence-corrected chi connectivity index (χ4v) is 6.16. The van der Waals surface area contributed by atoms with Gasteiger partial charge >= 0.3 is 6.00 Å². The number of hydrogen-bond donors (Lipinski definition) is 0. The normalized spacial score (nSPS) is 13.5. The Morgan fingerprint density at radius 3 is 1.32 bits per heavy atom. The molecular formula is C18H37Cl3Si. The molecule has 0 saturated heterocycles. The molecule has 22 heavy (non-hydrogen) atoms. The Balaban J connectivity index is 3.35. The number of hydrogen-bond acceptors (Lipinski definition) is 0. The number of rotatable bonds is 16. The van der Waals surface area contributed by atoms with E-state index in [0.29, 0.717) is 5.54 Å². The van der Waals surface area contributed by atoms with Gasteiger partial charge < -0.3 is 0 Å². The lowest BCUT2D eigenvalue weighted by atomic mass is 10.0. The highest BCUT2D eigenvalue weighted by Crippen LogP contribution is 2.40. The molecule has 0 fully saturated rings. The van der Waals surface area contributed by atoms with E-state index < -0.39 is 6.00 Å². The summed E-state index contributed by atoms with van der Waals surface area (Å²) in [6, 6.07) is -2.49. The van der Waals surface area contributed by atoms with Crippen LogP contribution in [0, 0.1) is 0 Å². The monoisotopic (exact) mass is 386 g/mol. The Morgan fingerprint density at radius 1 is 0.545 bits per heavy atom. The Kier molecular flexibility index (Phi) is 16.4. The van der Waals surface area contributed by atoms with E-state index in [1.165, 1.54) is 77.0 Å². The van der Waals surface area contributed by atoms with Gasteiger partial charge in [0.15, 0.2) is 0 Å². The van der Waals surface area contributed by atoms with Crippen LogP contribution in [0.15, 0.2) is 0 Å². The predicted octanol–water partition coefficient (Wildman–Crippen LogP) is 8.90. The minimum atomic E-state index is -2.49. The van der Waals surface area contributed by atoms with Gasteiger partial charge in [-0.25, -0.2) is 0 Å². The second kappa shape index (κ2) is 15.6. The highest BCUT2D eigenvalue weighted by Gasteiger charge is 2.35. The van der Waals surface area contributed by atoms with Gasteiger partial charge in [-0.1, -0.05) is 97.3 Å². The van der Waals surface area contributed by atoms with Gasteiger partial charge in [-0.15, -0.1) is 33.2 Å². The van der Waals surface area contributed by atoms with Gasteiger partial charge in [0.25, 0.3) is 0 Å². The first kappa shape index (κ1) is 23.1. The van der Waals surface area contributed by atoms with Gasteiger partial charge in [-0.05, 0) is 18.4 Å². The highest BCUT2D eigenvalue weighted by molar-refractivity contribution is 7.65. The van der Waals surface area contributed by atoms with Gasteiger partial charge in [0, 0.05) is 0 Å². The van der Waals surface area contributed by atoms with E-state index in [1.807, 2.05) is 0 Å². The summed E-state index contributed by atoms with van der Waals surface area (Å²) in [7, 11) is 0. The predicted molar refractivity (Wildman–Crippen MR) is 108 cm³/mol. The van der Waals surface area contributed by atoms with Crippen LogP contribution in [0.1, 0.15) is 110 Å². The van der Waals surface area contributed by atoms with Gasteiger partial charge in [0.1, 0.15) is 0 Å². The number of unbranched alkanes of at least 4 members (excludes halogenated alkanes) is 11. The Morgan fingerprint density at radius 2 is 0.955 bits per heavy atom. The first-order valence-electron chi connectivity index (χ1n) is 9.59. The smallest absolute Gasteiger partial charge is 0.126 e. The minimum Gasteiger partial charge on any atom is -0.126 e. The van der Waals surface area contributed by atoms with Gasteiger partial charge in [-0.2, -0.15) is 0 Å². The van der Waals surface area contributed by atoms with E-state index in [0.717, 1.165) is 19.3 Å². The van der Waals surface area contributed by atoms with E-state index in [-0.39, 0.29) is 0 Å². The van der Waals surface area contributed by atoms with E-state index in [1.54, 1.807) is 0 Å². The van der Waals surface area contributed by atoms with E-state index >= 15 is 0 Å². The summed E-state index contributed by atoms with van der Waals surface area (Å²) >= 11 is 18.6. The van der Waals surface area contributed by atoms with Crippen LogP contribution in [0.4, 0.5) is 0 Å². The zero-order valence-corrected chi connectivity index (χ0v) is 18.1. The van der Waals surface area contributed by atoms with Gasteiger partial charge in [0.2, 0.25) is 0 Å². The van der Waals surface area contributed by atoms with Crippen molar-refractivity contribution in [1.29, 1.82) is 0 Å². The number of halogens is 3. The average Bonchev–Trinajstić information content (AvgIpc) is 2.46. The molecule has 4 heteroatoms. The molecule has 134 valence electrons. The summed E-state index contributed by atoms with van der Waals surface area (Å²) in [4.78, 5) is 0. The zero-order chi connectivity index (χ0) is 16.7. The summed E-state index contributed by atoms with van der Waals surface area (Å²) in [6.07, 6.45) is 20.0. The lowest BCUT2D eigenvalue weighted by Crippen LogP contribution is -2.19. The molecule has 0 saturated carbocycles. The lowest BCUT2D eigenvalue weighted by molar-refractivity contribution is 0.530. The third kappa shape index (κ3) is 14.7. The van der Waals surface area contributed by atoms with Crippen molar-refractivity contribution in [3.05, 3.63) is 0 Å². The van der Waals surface area contributed by atoms with Crippen LogP contribution in [0.25, 0.3) is 0 Å². The molecule has 0 heterocycles. The Bertz CT molecular complexity index is 229. The maximum Gasteiger partial charge on any atom is 0.344 e. The third-order valence-corrected chi connectivity index (χ3v) is 8.79. The maximum atomic E-state index is 6.19.